The number of aromatic nitrogens is 3. The average molecular weight is 372 g/mol. The van der Waals surface area contributed by atoms with Crippen molar-refractivity contribution in [3.63, 3.8) is 0 Å². The molecule has 1 saturated heterocycles. The molecule has 2 aromatic heterocycles. The van der Waals surface area contributed by atoms with Gasteiger partial charge in [-0.15, -0.1) is 12.4 Å². The number of aromatic amines is 1. The largest absolute Gasteiger partial charge is 0.337 e. The van der Waals surface area contributed by atoms with Crippen LogP contribution in [-0.2, 0) is 4.79 Å². The van der Waals surface area contributed by atoms with Crippen molar-refractivity contribution in [3.05, 3.63) is 42.6 Å². The molecule has 1 aliphatic rings. The molecule has 1 aromatic carbocycles. The molecular weight excluding hydrogens is 350 g/mol. The number of nitrogens with one attached hydrogen (secondary N) is 3. The van der Waals surface area contributed by atoms with E-state index >= 15 is 0 Å². The first-order chi connectivity index (χ1) is 12.3. The van der Waals surface area contributed by atoms with Crippen molar-refractivity contribution in [2.75, 3.05) is 18.4 Å². The van der Waals surface area contributed by atoms with Crippen LogP contribution in [0.15, 0.2) is 42.6 Å². The smallest absolute Gasteiger partial charge is 0.224 e. The molecule has 3 N–H and O–H groups in total. The van der Waals surface area contributed by atoms with Crippen LogP contribution in [0.3, 0.4) is 0 Å². The van der Waals surface area contributed by atoms with Gasteiger partial charge in [-0.25, -0.2) is 4.98 Å². The summed E-state index contributed by atoms with van der Waals surface area (Å²) >= 11 is 0. The van der Waals surface area contributed by atoms with Crippen LogP contribution in [0.4, 0.5) is 5.69 Å². The lowest BCUT2D eigenvalue weighted by Crippen LogP contribution is -2.14. The highest BCUT2D eigenvalue weighted by atomic mass is 35.5. The number of anilines is 1. The standard InChI is InChI=1S/C19H21N5O.ClH/c25-18(7-4-13-8-10-20-12-13)22-14-5-6-15-17(11-14)24-19(23-15)16-3-1-2-9-21-16;/h1-3,5-6,9,11,13,20H,4,7-8,10,12H2,(H,22,25)(H,23,24);1H. The number of imidazole rings is 1. The summed E-state index contributed by atoms with van der Waals surface area (Å²) in [5, 5.41) is 6.32. The van der Waals surface area contributed by atoms with E-state index in [9.17, 15) is 4.79 Å². The van der Waals surface area contributed by atoms with E-state index < -0.39 is 0 Å². The fourth-order valence-electron chi connectivity index (χ4n) is 3.23. The third-order valence-corrected chi connectivity index (χ3v) is 4.62. The molecule has 1 fully saturated rings. The van der Waals surface area contributed by atoms with Gasteiger partial charge in [-0.05, 0) is 62.2 Å². The summed E-state index contributed by atoms with van der Waals surface area (Å²) in [6, 6.07) is 11.4. The van der Waals surface area contributed by atoms with Crippen molar-refractivity contribution >= 4 is 35.0 Å². The second-order valence-electron chi connectivity index (χ2n) is 6.48. The quantitative estimate of drug-likeness (QED) is 0.642. The Labute approximate surface area is 158 Å². The first-order valence-corrected chi connectivity index (χ1v) is 8.70. The number of hydrogen-bond donors (Lipinski definition) is 3. The van der Waals surface area contributed by atoms with E-state index in [-0.39, 0.29) is 18.3 Å². The van der Waals surface area contributed by atoms with Gasteiger partial charge in [0, 0.05) is 18.3 Å². The van der Waals surface area contributed by atoms with Crippen LogP contribution < -0.4 is 10.6 Å². The number of H-pyrrole nitrogens is 1. The Morgan fingerprint density at radius 3 is 2.96 bits per heavy atom. The van der Waals surface area contributed by atoms with Crippen LogP contribution >= 0.6 is 12.4 Å². The number of amides is 1. The predicted octanol–water partition coefficient (Wildman–Crippen LogP) is 3.37. The Hall–Kier alpha value is -2.44. The molecule has 0 bridgehead atoms. The van der Waals surface area contributed by atoms with E-state index in [1.54, 1.807) is 6.20 Å². The lowest BCUT2D eigenvalue weighted by Gasteiger charge is -2.08. The van der Waals surface area contributed by atoms with Crippen molar-refractivity contribution in [1.29, 1.82) is 0 Å². The van der Waals surface area contributed by atoms with Crippen molar-refractivity contribution in [2.24, 2.45) is 5.92 Å². The van der Waals surface area contributed by atoms with Crippen molar-refractivity contribution in [1.82, 2.24) is 20.3 Å². The Morgan fingerprint density at radius 1 is 1.27 bits per heavy atom. The molecule has 0 saturated carbocycles. The number of rotatable bonds is 5. The zero-order valence-electron chi connectivity index (χ0n) is 14.4. The highest BCUT2D eigenvalue weighted by Crippen LogP contribution is 2.22. The summed E-state index contributed by atoms with van der Waals surface area (Å²) < 4.78 is 0. The van der Waals surface area contributed by atoms with Crippen LogP contribution in [0, 0.1) is 5.92 Å². The van der Waals surface area contributed by atoms with Gasteiger partial charge < -0.3 is 15.6 Å². The second kappa shape index (κ2) is 8.29. The highest BCUT2D eigenvalue weighted by molar-refractivity contribution is 5.93. The van der Waals surface area contributed by atoms with Gasteiger partial charge in [-0.2, -0.15) is 0 Å². The van der Waals surface area contributed by atoms with Gasteiger partial charge >= 0.3 is 0 Å². The van der Waals surface area contributed by atoms with Crippen LogP contribution in [0.25, 0.3) is 22.6 Å². The van der Waals surface area contributed by atoms with Crippen molar-refractivity contribution in [3.8, 4) is 11.5 Å². The zero-order chi connectivity index (χ0) is 17.1. The number of carbonyl (C=O) groups is 1. The molecule has 3 heterocycles. The number of carbonyl (C=O) groups excluding carboxylic acids is 1. The maximum Gasteiger partial charge on any atom is 0.224 e. The van der Waals surface area contributed by atoms with Crippen LogP contribution in [0.5, 0.6) is 0 Å². The predicted molar refractivity (Wildman–Crippen MR) is 105 cm³/mol. The highest BCUT2D eigenvalue weighted by Gasteiger charge is 2.16. The van der Waals surface area contributed by atoms with E-state index in [0.717, 1.165) is 47.7 Å². The topological polar surface area (TPSA) is 82.7 Å². The van der Waals surface area contributed by atoms with Gasteiger partial charge in [0.25, 0.3) is 0 Å². The molecule has 6 nitrogen and oxygen atoms in total. The van der Waals surface area contributed by atoms with Gasteiger partial charge in [0.15, 0.2) is 5.82 Å². The number of nitrogens with zero attached hydrogens (tertiary/aromatic N) is 2. The third kappa shape index (κ3) is 4.20. The lowest BCUT2D eigenvalue weighted by molar-refractivity contribution is -0.116. The number of benzene rings is 1. The molecule has 136 valence electrons. The minimum absolute atomic E-state index is 0. The Kier molecular flexibility index (Phi) is 5.85. The summed E-state index contributed by atoms with van der Waals surface area (Å²) in [6.45, 7) is 2.10. The Balaban J connectivity index is 0.00000196. The first kappa shape index (κ1) is 18.4. The minimum Gasteiger partial charge on any atom is -0.337 e. The molecule has 7 heteroatoms. The maximum absolute atomic E-state index is 12.2. The molecule has 0 spiro atoms. The van der Waals surface area contributed by atoms with Crippen LogP contribution in [-0.4, -0.2) is 33.9 Å². The molecule has 1 atom stereocenters. The summed E-state index contributed by atoms with van der Waals surface area (Å²) in [5.41, 5.74) is 3.34. The average Bonchev–Trinajstić information content (AvgIpc) is 3.30. The van der Waals surface area contributed by atoms with Crippen molar-refractivity contribution < 1.29 is 4.79 Å². The normalized spacial score (nSPS) is 16.4. The Bertz CT molecular complexity index is 874. The third-order valence-electron chi connectivity index (χ3n) is 4.62. The van der Waals surface area contributed by atoms with Crippen molar-refractivity contribution in [2.45, 2.75) is 19.3 Å². The summed E-state index contributed by atoms with van der Waals surface area (Å²) in [5.74, 6) is 1.42. The molecule has 1 unspecified atom stereocenters. The Morgan fingerprint density at radius 2 is 2.19 bits per heavy atom. The molecule has 0 radical (unpaired) electrons. The fourth-order valence-corrected chi connectivity index (χ4v) is 3.23. The van der Waals surface area contributed by atoms with Gasteiger partial charge in [-0.1, -0.05) is 6.07 Å². The number of fused-ring (bicyclic) bond motifs is 1. The molecule has 3 aromatic rings. The van der Waals surface area contributed by atoms with E-state index in [1.165, 1.54) is 6.42 Å². The van der Waals surface area contributed by atoms with Gasteiger partial charge in [0.1, 0.15) is 5.69 Å². The van der Waals surface area contributed by atoms with Gasteiger partial charge in [0.2, 0.25) is 5.91 Å². The van der Waals surface area contributed by atoms with Crippen LogP contribution in [0.2, 0.25) is 0 Å². The summed E-state index contributed by atoms with van der Waals surface area (Å²) in [4.78, 5) is 24.3. The number of hydrogen-bond acceptors (Lipinski definition) is 4. The molecule has 26 heavy (non-hydrogen) atoms. The first-order valence-electron chi connectivity index (χ1n) is 8.70. The molecule has 0 aliphatic carbocycles. The van der Waals surface area contributed by atoms with E-state index in [0.29, 0.717) is 12.3 Å². The fraction of sp³-hybridized carbons (Fsp3) is 0.316. The number of halogens is 1. The lowest BCUT2D eigenvalue weighted by atomic mass is 10.0. The molecule has 4 rings (SSSR count). The molecule has 1 amide bonds. The number of pyridine rings is 1. The van der Waals surface area contributed by atoms with Gasteiger partial charge in [0.05, 0.1) is 11.0 Å². The van der Waals surface area contributed by atoms with Crippen LogP contribution in [0.1, 0.15) is 19.3 Å². The van der Waals surface area contributed by atoms with E-state index in [2.05, 4.69) is 25.6 Å². The summed E-state index contributed by atoms with van der Waals surface area (Å²) in [7, 11) is 0. The maximum atomic E-state index is 12.2. The van der Waals surface area contributed by atoms with E-state index in [1.807, 2.05) is 36.4 Å². The monoisotopic (exact) mass is 371 g/mol. The SMILES string of the molecule is Cl.O=C(CCC1CCNC1)Nc1ccc2nc(-c3ccccn3)[nH]c2c1. The molecule has 1 aliphatic heterocycles. The van der Waals surface area contributed by atoms with E-state index in [4.69, 9.17) is 0 Å². The second-order valence-corrected chi connectivity index (χ2v) is 6.48. The van der Waals surface area contributed by atoms with Gasteiger partial charge in [-0.3, -0.25) is 9.78 Å². The zero-order valence-corrected chi connectivity index (χ0v) is 15.2. The molecular formula is C19H22ClN5O. The minimum atomic E-state index is 0. The summed E-state index contributed by atoms with van der Waals surface area (Å²) in [6.07, 6.45) is 4.42.